The van der Waals surface area contributed by atoms with E-state index in [1.54, 1.807) is 0 Å². The van der Waals surface area contributed by atoms with Crippen molar-refractivity contribution in [3.63, 3.8) is 0 Å². The van der Waals surface area contributed by atoms with E-state index in [4.69, 9.17) is 10.5 Å². The van der Waals surface area contributed by atoms with Crippen molar-refractivity contribution in [3.8, 4) is 0 Å². The lowest BCUT2D eigenvalue weighted by atomic mass is 10.1. The van der Waals surface area contributed by atoms with Gasteiger partial charge in [-0.1, -0.05) is 13.0 Å². The summed E-state index contributed by atoms with van der Waals surface area (Å²) in [7, 11) is 0. The molecule has 4 nitrogen and oxygen atoms in total. The molecule has 0 aliphatic carbocycles. The third kappa shape index (κ3) is 3.03. The zero-order chi connectivity index (χ0) is 12.1. The summed E-state index contributed by atoms with van der Waals surface area (Å²) in [5, 5.41) is 0. The smallest absolute Gasteiger partial charge is 0.0622 e. The van der Waals surface area contributed by atoms with Gasteiger partial charge in [0.2, 0.25) is 0 Å². The summed E-state index contributed by atoms with van der Waals surface area (Å²) in [6.45, 7) is 6.29. The quantitative estimate of drug-likeness (QED) is 0.850. The molecule has 1 aromatic rings. The van der Waals surface area contributed by atoms with Crippen molar-refractivity contribution in [2.45, 2.75) is 32.5 Å². The molecule has 1 aliphatic rings. The van der Waals surface area contributed by atoms with Crippen LogP contribution in [0.1, 0.15) is 24.6 Å². The van der Waals surface area contributed by atoms with Crippen LogP contribution in [0.3, 0.4) is 0 Å². The Bertz CT molecular complexity index is 356. The number of nitrogens with two attached hydrogens (primary N) is 1. The molecule has 4 heteroatoms. The Morgan fingerprint density at radius 2 is 2.47 bits per heavy atom. The second kappa shape index (κ2) is 6.10. The van der Waals surface area contributed by atoms with Gasteiger partial charge in [-0.05, 0) is 18.1 Å². The lowest BCUT2D eigenvalue weighted by Gasteiger charge is -2.35. The minimum absolute atomic E-state index is 0.511. The molecule has 1 aliphatic heterocycles. The van der Waals surface area contributed by atoms with Crippen LogP contribution in [0.5, 0.6) is 0 Å². The van der Waals surface area contributed by atoms with Gasteiger partial charge in [-0.25, -0.2) is 0 Å². The maximum atomic E-state index is 5.74. The number of hydrogen-bond acceptors (Lipinski definition) is 4. The molecule has 1 atom stereocenters. The highest BCUT2D eigenvalue weighted by Crippen LogP contribution is 2.15. The molecule has 2 heterocycles. The predicted octanol–water partition coefficient (Wildman–Crippen LogP) is 1.15. The van der Waals surface area contributed by atoms with Crippen LogP contribution in [0.15, 0.2) is 18.3 Å². The molecule has 0 spiro atoms. The van der Waals surface area contributed by atoms with Gasteiger partial charge in [0.25, 0.3) is 0 Å². The summed E-state index contributed by atoms with van der Waals surface area (Å²) in [6.07, 6.45) is 2.96. The van der Waals surface area contributed by atoms with Crippen molar-refractivity contribution in [1.82, 2.24) is 9.88 Å². The minimum Gasteiger partial charge on any atom is -0.378 e. The number of ether oxygens (including phenoxy) is 1. The van der Waals surface area contributed by atoms with Gasteiger partial charge in [-0.15, -0.1) is 0 Å². The largest absolute Gasteiger partial charge is 0.378 e. The molecule has 94 valence electrons. The highest BCUT2D eigenvalue weighted by Gasteiger charge is 2.22. The zero-order valence-electron chi connectivity index (χ0n) is 10.4. The van der Waals surface area contributed by atoms with E-state index in [0.29, 0.717) is 12.6 Å². The molecule has 1 aromatic heterocycles. The van der Waals surface area contributed by atoms with Gasteiger partial charge in [0.05, 0.1) is 18.9 Å². The Hall–Kier alpha value is -0.970. The van der Waals surface area contributed by atoms with Crippen molar-refractivity contribution in [2.75, 3.05) is 19.8 Å². The maximum Gasteiger partial charge on any atom is 0.0622 e. The average molecular weight is 235 g/mol. The molecule has 17 heavy (non-hydrogen) atoms. The lowest BCUT2D eigenvalue weighted by molar-refractivity contribution is -0.0133. The van der Waals surface area contributed by atoms with E-state index in [1.807, 2.05) is 12.3 Å². The Labute approximate surface area is 103 Å². The van der Waals surface area contributed by atoms with Crippen LogP contribution in [0, 0.1) is 0 Å². The summed E-state index contributed by atoms with van der Waals surface area (Å²) in [5.74, 6) is 0. The number of pyridine rings is 1. The second-order valence-corrected chi connectivity index (χ2v) is 4.42. The van der Waals surface area contributed by atoms with Crippen molar-refractivity contribution >= 4 is 0 Å². The molecule has 0 aromatic carbocycles. The van der Waals surface area contributed by atoms with E-state index in [2.05, 4.69) is 22.9 Å². The van der Waals surface area contributed by atoms with E-state index in [1.165, 1.54) is 0 Å². The SMILES string of the molecule is CCC1COCCN1Cc1ncccc1CN. The molecule has 1 fully saturated rings. The van der Waals surface area contributed by atoms with E-state index in [-0.39, 0.29) is 0 Å². The van der Waals surface area contributed by atoms with Crippen LogP contribution in [0.25, 0.3) is 0 Å². The first-order valence-corrected chi connectivity index (χ1v) is 6.29. The molecule has 0 amide bonds. The van der Waals surface area contributed by atoms with Crippen LogP contribution >= 0.6 is 0 Å². The van der Waals surface area contributed by atoms with Gasteiger partial charge < -0.3 is 10.5 Å². The minimum atomic E-state index is 0.511. The molecule has 1 saturated heterocycles. The first-order chi connectivity index (χ1) is 8.35. The third-order valence-corrected chi connectivity index (χ3v) is 3.38. The van der Waals surface area contributed by atoms with Gasteiger partial charge in [0.15, 0.2) is 0 Å². The van der Waals surface area contributed by atoms with Crippen LogP contribution in [0.4, 0.5) is 0 Å². The summed E-state index contributed by atoms with van der Waals surface area (Å²) < 4.78 is 5.51. The summed E-state index contributed by atoms with van der Waals surface area (Å²) >= 11 is 0. The van der Waals surface area contributed by atoms with Crippen molar-refractivity contribution < 1.29 is 4.74 Å². The molecule has 2 N–H and O–H groups in total. The number of morpholine rings is 1. The van der Waals surface area contributed by atoms with Crippen LogP contribution < -0.4 is 5.73 Å². The Morgan fingerprint density at radius 3 is 3.24 bits per heavy atom. The number of aromatic nitrogens is 1. The van der Waals surface area contributed by atoms with Crippen molar-refractivity contribution in [3.05, 3.63) is 29.6 Å². The van der Waals surface area contributed by atoms with Gasteiger partial charge in [0.1, 0.15) is 0 Å². The van der Waals surface area contributed by atoms with E-state index >= 15 is 0 Å². The summed E-state index contributed by atoms with van der Waals surface area (Å²) in [6, 6.07) is 4.52. The number of rotatable bonds is 4. The Kier molecular flexibility index (Phi) is 4.48. The second-order valence-electron chi connectivity index (χ2n) is 4.42. The lowest BCUT2D eigenvalue weighted by Crippen LogP contribution is -2.44. The van der Waals surface area contributed by atoms with Gasteiger partial charge in [-0.3, -0.25) is 9.88 Å². The van der Waals surface area contributed by atoms with E-state index in [0.717, 1.165) is 44.0 Å². The average Bonchev–Trinajstić information content (AvgIpc) is 2.40. The van der Waals surface area contributed by atoms with Crippen molar-refractivity contribution in [1.29, 1.82) is 0 Å². The van der Waals surface area contributed by atoms with Gasteiger partial charge >= 0.3 is 0 Å². The molecule has 2 rings (SSSR count). The monoisotopic (exact) mass is 235 g/mol. The molecular formula is C13H21N3O. The molecular weight excluding hydrogens is 214 g/mol. The summed E-state index contributed by atoms with van der Waals surface area (Å²) in [4.78, 5) is 6.90. The van der Waals surface area contributed by atoms with Gasteiger partial charge in [-0.2, -0.15) is 0 Å². The molecule has 1 unspecified atom stereocenters. The first kappa shape index (κ1) is 12.5. The van der Waals surface area contributed by atoms with E-state index in [9.17, 15) is 0 Å². The zero-order valence-corrected chi connectivity index (χ0v) is 10.4. The van der Waals surface area contributed by atoms with Crippen molar-refractivity contribution in [2.24, 2.45) is 5.73 Å². The highest BCUT2D eigenvalue weighted by molar-refractivity contribution is 5.19. The third-order valence-electron chi connectivity index (χ3n) is 3.38. The Balaban J connectivity index is 2.08. The normalized spacial score (nSPS) is 21.6. The van der Waals surface area contributed by atoms with Gasteiger partial charge in [0, 0.05) is 31.9 Å². The molecule has 0 saturated carbocycles. The van der Waals surface area contributed by atoms with Crippen LogP contribution in [0.2, 0.25) is 0 Å². The fourth-order valence-electron chi connectivity index (χ4n) is 2.27. The van der Waals surface area contributed by atoms with E-state index < -0.39 is 0 Å². The number of nitrogens with zero attached hydrogens (tertiary/aromatic N) is 2. The van der Waals surface area contributed by atoms with Crippen LogP contribution in [-0.4, -0.2) is 35.7 Å². The summed E-state index contributed by atoms with van der Waals surface area (Å²) in [5.41, 5.74) is 7.99. The molecule has 0 bridgehead atoms. The molecule has 0 radical (unpaired) electrons. The maximum absolute atomic E-state index is 5.74. The highest BCUT2D eigenvalue weighted by atomic mass is 16.5. The fourth-order valence-corrected chi connectivity index (χ4v) is 2.27. The van der Waals surface area contributed by atoms with Crippen LogP contribution in [-0.2, 0) is 17.8 Å². The Morgan fingerprint density at radius 1 is 1.59 bits per heavy atom. The predicted molar refractivity (Wildman–Crippen MR) is 67.4 cm³/mol. The number of hydrogen-bond donors (Lipinski definition) is 1. The first-order valence-electron chi connectivity index (χ1n) is 6.29. The standard InChI is InChI=1S/C13H21N3O/c1-2-12-10-17-7-6-16(12)9-13-11(8-14)4-3-5-15-13/h3-5,12H,2,6-10,14H2,1H3. The topological polar surface area (TPSA) is 51.4 Å². The fraction of sp³-hybridized carbons (Fsp3) is 0.615.